The lowest BCUT2D eigenvalue weighted by Gasteiger charge is -2.33. The van der Waals surface area contributed by atoms with Gasteiger partial charge in [-0.2, -0.15) is 24.5 Å². The number of carbonyl (C=O) groups excluding carboxylic acids is 1. The minimum atomic E-state index is -4.23. The Morgan fingerprint density at radius 3 is 2.67 bits per heavy atom. The molecular weight excluding hydrogens is 263 g/mol. The van der Waals surface area contributed by atoms with Crippen molar-refractivity contribution < 1.29 is 18.0 Å². The highest BCUT2D eigenvalue weighted by Gasteiger charge is 2.45. The summed E-state index contributed by atoms with van der Waals surface area (Å²) in [6.45, 7) is 0. The van der Waals surface area contributed by atoms with Gasteiger partial charge in [-0.05, 0) is 24.3 Å². The summed E-state index contributed by atoms with van der Waals surface area (Å²) in [6, 6.07) is 0.831. The van der Waals surface area contributed by atoms with Crippen LogP contribution in [0.15, 0.2) is 16.8 Å². The molecule has 1 fully saturated rings. The van der Waals surface area contributed by atoms with Crippen LogP contribution in [0.4, 0.5) is 13.2 Å². The molecule has 2 rings (SSSR count). The molecule has 2 nitrogen and oxygen atoms in total. The molecule has 1 saturated carbocycles. The van der Waals surface area contributed by atoms with Gasteiger partial charge in [0.25, 0.3) is 5.91 Å². The Morgan fingerprint density at radius 1 is 1.33 bits per heavy atom. The number of rotatable bonds is 2. The molecule has 0 bridgehead atoms. The standard InChI is InChI=1S/C12H14F3NOS/c13-12(14,15)9-3-1-2-4-10(9)16-11(17)8-5-6-18-7-8/h5-7,9-10H,1-4H2,(H,16,17)/t9-,10-/m0/s1. The Balaban J connectivity index is 2.04. The predicted octanol–water partition coefficient (Wildman–Crippen LogP) is 3.60. The van der Waals surface area contributed by atoms with Crippen molar-refractivity contribution in [3.8, 4) is 0 Å². The highest BCUT2D eigenvalue weighted by atomic mass is 32.1. The molecule has 0 unspecified atom stereocenters. The summed E-state index contributed by atoms with van der Waals surface area (Å²) < 4.78 is 38.5. The minimum Gasteiger partial charge on any atom is -0.349 e. The van der Waals surface area contributed by atoms with Crippen molar-refractivity contribution in [1.29, 1.82) is 0 Å². The van der Waals surface area contributed by atoms with Crippen molar-refractivity contribution in [3.05, 3.63) is 22.4 Å². The second kappa shape index (κ2) is 5.30. The van der Waals surface area contributed by atoms with Crippen molar-refractivity contribution in [2.24, 2.45) is 5.92 Å². The maximum atomic E-state index is 12.8. The average molecular weight is 277 g/mol. The van der Waals surface area contributed by atoms with Crippen molar-refractivity contribution in [3.63, 3.8) is 0 Å². The second-order valence-electron chi connectivity index (χ2n) is 4.52. The van der Waals surface area contributed by atoms with Crippen LogP contribution >= 0.6 is 11.3 Å². The Morgan fingerprint density at radius 2 is 2.06 bits per heavy atom. The van der Waals surface area contributed by atoms with Crippen LogP contribution in [-0.2, 0) is 0 Å². The highest BCUT2D eigenvalue weighted by molar-refractivity contribution is 7.08. The van der Waals surface area contributed by atoms with Gasteiger partial charge in [0.15, 0.2) is 0 Å². The van der Waals surface area contributed by atoms with Crippen LogP contribution in [0.3, 0.4) is 0 Å². The first-order valence-electron chi connectivity index (χ1n) is 5.88. The molecule has 1 aliphatic rings. The van der Waals surface area contributed by atoms with Gasteiger partial charge in [-0.1, -0.05) is 12.8 Å². The van der Waals surface area contributed by atoms with Gasteiger partial charge in [0, 0.05) is 17.0 Å². The molecule has 1 amide bonds. The fourth-order valence-electron chi connectivity index (χ4n) is 2.34. The lowest BCUT2D eigenvalue weighted by molar-refractivity contribution is -0.187. The summed E-state index contributed by atoms with van der Waals surface area (Å²) >= 11 is 1.35. The van der Waals surface area contributed by atoms with Crippen molar-refractivity contribution in [1.82, 2.24) is 5.32 Å². The molecule has 18 heavy (non-hydrogen) atoms. The Bertz CT molecular complexity index is 402. The van der Waals surface area contributed by atoms with E-state index < -0.39 is 24.0 Å². The fourth-order valence-corrected chi connectivity index (χ4v) is 2.98. The molecule has 1 aliphatic carbocycles. The van der Waals surface area contributed by atoms with Gasteiger partial charge < -0.3 is 5.32 Å². The molecular formula is C12H14F3NOS. The van der Waals surface area contributed by atoms with Gasteiger partial charge in [-0.25, -0.2) is 0 Å². The zero-order valence-corrected chi connectivity index (χ0v) is 10.5. The maximum absolute atomic E-state index is 12.8. The minimum absolute atomic E-state index is 0.109. The maximum Gasteiger partial charge on any atom is 0.393 e. The summed E-state index contributed by atoms with van der Waals surface area (Å²) in [5.74, 6) is -1.81. The Kier molecular flexibility index (Phi) is 3.94. The second-order valence-corrected chi connectivity index (χ2v) is 5.30. The van der Waals surface area contributed by atoms with Crippen molar-refractivity contribution >= 4 is 17.2 Å². The van der Waals surface area contributed by atoms with Crippen LogP contribution in [0.5, 0.6) is 0 Å². The van der Waals surface area contributed by atoms with Crippen molar-refractivity contribution in [2.75, 3.05) is 0 Å². The van der Waals surface area contributed by atoms with E-state index in [0.29, 0.717) is 18.4 Å². The molecule has 2 atom stereocenters. The smallest absolute Gasteiger partial charge is 0.349 e. The zero-order valence-electron chi connectivity index (χ0n) is 9.67. The van der Waals surface area contributed by atoms with Gasteiger partial charge in [0.05, 0.1) is 5.92 Å². The molecule has 6 heteroatoms. The SMILES string of the molecule is O=C(N[C@H]1CCCC[C@@H]1C(F)(F)F)c1ccsc1. The molecule has 0 spiro atoms. The number of carbonyl (C=O) groups is 1. The van der Waals surface area contributed by atoms with Crippen LogP contribution in [0, 0.1) is 5.92 Å². The summed E-state index contributed by atoms with van der Waals surface area (Å²) in [5, 5.41) is 5.90. The van der Waals surface area contributed by atoms with Crippen LogP contribution < -0.4 is 5.32 Å². The van der Waals surface area contributed by atoms with Crippen molar-refractivity contribution in [2.45, 2.75) is 37.9 Å². The van der Waals surface area contributed by atoms with Gasteiger partial charge in [0.2, 0.25) is 0 Å². The normalized spacial score (nSPS) is 24.8. The summed E-state index contributed by atoms with van der Waals surface area (Å²) in [6.07, 6.45) is -2.40. The van der Waals surface area contributed by atoms with E-state index >= 15 is 0 Å². The number of hydrogen-bond donors (Lipinski definition) is 1. The third-order valence-electron chi connectivity index (χ3n) is 3.29. The molecule has 100 valence electrons. The van der Waals surface area contributed by atoms with E-state index in [1.54, 1.807) is 16.8 Å². The summed E-state index contributed by atoms with van der Waals surface area (Å²) in [7, 11) is 0. The van der Waals surface area contributed by atoms with E-state index in [-0.39, 0.29) is 6.42 Å². The largest absolute Gasteiger partial charge is 0.393 e. The Labute approximate surface area is 107 Å². The van der Waals surface area contributed by atoms with E-state index in [1.165, 1.54) is 11.3 Å². The van der Waals surface area contributed by atoms with Gasteiger partial charge in [0.1, 0.15) is 0 Å². The molecule has 0 saturated heterocycles. The lowest BCUT2D eigenvalue weighted by Crippen LogP contribution is -2.47. The van der Waals surface area contributed by atoms with Crippen LogP contribution in [0.1, 0.15) is 36.0 Å². The predicted molar refractivity (Wildman–Crippen MR) is 63.6 cm³/mol. The number of hydrogen-bond acceptors (Lipinski definition) is 2. The van der Waals surface area contributed by atoms with E-state index in [1.807, 2.05) is 0 Å². The molecule has 1 heterocycles. The van der Waals surface area contributed by atoms with Crippen LogP contribution in [-0.4, -0.2) is 18.1 Å². The van der Waals surface area contributed by atoms with Crippen LogP contribution in [0.25, 0.3) is 0 Å². The summed E-state index contributed by atoms with van der Waals surface area (Å²) in [4.78, 5) is 11.8. The third-order valence-corrected chi connectivity index (χ3v) is 3.97. The number of nitrogens with one attached hydrogen (secondary N) is 1. The first-order chi connectivity index (χ1) is 8.48. The third kappa shape index (κ3) is 3.04. The first kappa shape index (κ1) is 13.4. The van der Waals surface area contributed by atoms with E-state index in [2.05, 4.69) is 5.32 Å². The van der Waals surface area contributed by atoms with Gasteiger partial charge >= 0.3 is 6.18 Å². The number of alkyl halides is 3. The fraction of sp³-hybridized carbons (Fsp3) is 0.583. The monoisotopic (exact) mass is 277 g/mol. The first-order valence-corrected chi connectivity index (χ1v) is 6.82. The topological polar surface area (TPSA) is 29.1 Å². The quantitative estimate of drug-likeness (QED) is 0.879. The van der Waals surface area contributed by atoms with Crippen LogP contribution in [0.2, 0.25) is 0 Å². The highest BCUT2D eigenvalue weighted by Crippen LogP contribution is 2.37. The average Bonchev–Trinajstić information content (AvgIpc) is 2.81. The number of amides is 1. The molecule has 1 aromatic rings. The van der Waals surface area contributed by atoms with Gasteiger partial charge in [-0.15, -0.1) is 0 Å². The van der Waals surface area contributed by atoms with Gasteiger partial charge in [-0.3, -0.25) is 4.79 Å². The molecule has 1 N–H and O–H groups in total. The number of halogens is 3. The van der Waals surface area contributed by atoms with E-state index in [4.69, 9.17) is 0 Å². The molecule has 0 aliphatic heterocycles. The molecule has 1 aromatic heterocycles. The Hall–Kier alpha value is -1.04. The molecule has 0 radical (unpaired) electrons. The van der Waals surface area contributed by atoms with E-state index in [0.717, 1.165) is 6.42 Å². The number of thiophene rings is 1. The van der Waals surface area contributed by atoms with E-state index in [9.17, 15) is 18.0 Å². The molecule has 0 aromatic carbocycles. The zero-order chi connectivity index (χ0) is 13.2. The lowest BCUT2D eigenvalue weighted by atomic mass is 9.84. The summed E-state index contributed by atoms with van der Waals surface area (Å²) in [5.41, 5.74) is 0.437.